The highest BCUT2D eigenvalue weighted by molar-refractivity contribution is 5.69. The van der Waals surface area contributed by atoms with Crippen molar-refractivity contribution in [1.82, 2.24) is 5.16 Å². The van der Waals surface area contributed by atoms with Gasteiger partial charge >= 0.3 is 5.97 Å². The lowest BCUT2D eigenvalue weighted by Gasteiger charge is -2.02. The van der Waals surface area contributed by atoms with Crippen LogP contribution in [-0.2, 0) is 11.2 Å². The maximum absolute atomic E-state index is 10.6. The molecule has 1 aromatic rings. The Kier molecular flexibility index (Phi) is 2.70. The van der Waals surface area contributed by atoms with E-state index in [4.69, 9.17) is 9.63 Å². The summed E-state index contributed by atoms with van der Waals surface area (Å²) in [4.78, 5) is 10.6. The van der Waals surface area contributed by atoms with E-state index in [-0.39, 0.29) is 0 Å². The molecule has 0 aliphatic carbocycles. The van der Waals surface area contributed by atoms with Crippen LogP contribution in [0.25, 0.3) is 0 Å². The second kappa shape index (κ2) is 3.60. The number of hydrogen-bond donors (Lipinski definition) is 1. The van der Waals surface area contributed by atoms with Gasteiger partial charge in [0.2, 0.25) is 0 Å². The van der Waals surface area contributed by atoms with E-state index in [1.165, 1.54) is 0 Å². The van der Waals surface area contributed by atoms with Crippen LogP contribution in [0, 0.1) is 19.8 Å². The van der Waals surface area contributed by atoms with Crippen LogP contribution in [0.15, 0.2) is 4.52 Å². The molecule has 13 heavy (non-hydrogen) atoms. The summed E-state index contributed by atoms with van der Waals surface area (Å²) >= 11 is 0. The first-order valence-corrected chi connectivity index (χ1v) is 4.17. The predicted octanol–water partition coefficient (Wildman–Crippen LogP) is 1.55. The third kappa shape index (κ3) is 2.08. The number of aromatic nitrogens is 1. The van der Waals surface area contributed by atoms with E-state index in [1.807, 2.05) is 13.8 Å². The van der Waals surface area contributed by atoms with Crippen LogP contribution < -0.4 is 0 Å². The lowest BCUT2D eigenvalue weighted by Crippen LogP contribution is -2.12. The molecule has 0 radical (unpaired) electrons. The highest BCUT2D eigenvalue weighted by Crippen LogP contribution is 2.15. The summed E-state index contributed by atoms with van der Waals surface area (Å²) < 4.78 is 4.93. The fourth-order valence-electron chi connectivity index (χ4n) is 1.03. The van der Waals surface area contributed by atoms with Gasteiger partial charge in [-0.2, -0.15) is 0 Å². The number of carboxylic acid groups (broad SMARTS) is 1. The van der Waals surface area contributed by atoms with Gasteiger partial charge in [0.15, 0.2) is 0 Å². The van der Waals surface area contributed by atoms with Crippen LogP contribution in [0.4, 0.5) is 0 Å². The van der Waals surface area contributed by atoms with Crippen molar-refractivity contribution >= 4 is 5.97 Å². The molecule has 1 atom stereocenters. The number of carbonyl (C=O) groups is 1. The van der Waals surface area contributed by atoms with Crippen molar-refractivity contribution in [2.75, 3.05) is 0 Å². The number of nitrogens with zero attached hydrogens (tertiary/aromatic N) is 1. The highest BCUT2D eigenvalue weighted by atomic mass is 16.5. The van der Waals surface area contributed by atoms with Gasteiger partial charge in [0.1, 0.15) is 5.76 Å². The van der Waals surface area contributed by atoms with Crippen molar-refractivity contribution in [3.8, 4) is 0 Å². The Morgan fingerprint density at radius 1 is 1.62 bits per heavy atom. The van der Waals surface area contributed by atoms with Crippen LogP contribution in [0.3, 0.4) is 0 Å². The monoisotopic (exact) mass is 183 g/mol. The largest absolute Gasteiger partial charge is 0.481 e. The summed E-state index contributed by atoms with van der Waals surface area (Å²) in [7, 11) is 0. The van der Waals surface area contributed by atoms with Crippen molar-refractivity contribution < 1.29 is 14.4 Å². The zero-order valence-corrected chi connectivity index (χ0v) is 8.00. The molecule has 72 valence electrons. The number of hydrogen-bond acceptors (Lipinski definition) is 3. The van der Waals surface area contributed by atoms with Crippen LogP contribution in [0.1, 0.15) is 23.9 Å². The summed E-state index contributed by atoms with van der Waals surface area (Å²) in [5.74, 6) is -0.462. The van der Waals surface area contributed by atoms with Gasteiger partial charge in [-0.1, -0.05) is 12.1 Å². The molecule has 0 saturated carbocycles. The summed E-state index contributed by atoms with van der Waals surface area (Å²) in [6.07, 6.45) is 0.429. The van der Waals surface area contributed by atoms with Crippen molar-refractivity contribution in [1.29, 1.82) is 0 Å². The van der Waals surface area contributed by atoms with Crippen LogP contribution >= 0.6 is 0 Å². The van der Waals surface area contributed by atoms with E-state index < -0.39 is 11.9 Å². The van der Waals surface area contributed by atoms with Gasteiger partial charge in [-0.25, -0.2) is 0 Å². The molecule has 0 aliphatic heterocycles. The zero-order chi connectivity index (χ0) is 10.0. The third-order valence-corrected chi connectivity index (χ3v) is 2.17. The molecule has 0 saturated heterocycles. The minimum atomic E-state index is -0.806. The molecule has 1 heterocycles. The van der Waals surface area contributed by atoms with E-state index in [9.17, 15) is 4.79 Å². The lowest BCUT2D eigenvalue weighted by atomic mass is 10.0. The quantitative estimate of drug-likeness (QED) is 0.772. The molecule has 0 bridgehead atoms. The average molecular weight is 183 g/mol. The Hall–Kier alpha value is -1.32. The van der Waals surface area contributed by atoms with E-state index >= 15 is 0 Å². The number of carboxylic acids is 1. The highest BCUT2D eigenvalue weighted by Gasteiger charge is 2.16. The lowest BCUT2D eigenvalue weighted by molar-refractivity contribution is -0.141. The molecular weight excluding hydrogens is 170 g/mol. The van der Waals surface area contributed by atoms with Gasteiger partial charge in [0, 0.05) is 12.0 Å². The number of rotatable bonds is 3. The molecule has 1 rings (SSSR count). The Morgan fingerprint density at radius 3 is 2.62 bits per heavy atom. The Bertz CT molecular complexity index is 317. The van der Waals surface area contributed by atoms with E-state index in [0.29, 0.717) is 6.42 Å². The number of aryl methyl sites for hydroxylation is 1. The summed E-state index contributed by atoms with van der Waals surface area (Å²) in [5.41, 5.74) is 1.69. The molecular formula is C9H13NO3. The maximum Gasteiger partial charge on any atom is 0.306 e. The van der Waals surface area contributed by atoms with Gasteiger partial charge in [0.05, 0.1) is 11.6 Å². The SMILES string of the molecule is Cc1onc(CC(C)C(=O)O)c1C. The summed E-state index contributed by atoms with van der Waals surface area (Å²) in [6, 6.07) is 0. The standard InChI is InChI=1S/C9H13NO3/c1-5(9(11)12)4-8-6(2)7(3)13-10-8/h5H,4H2,1-3H3,(H,11,12). The van der Waals surface area contributed by atoms with Crippen molar-refractivity contribution in [3.05, 3.63) is 17.0 Å². The van der Waals surface area contributed by atoms with E-state index in [2.05, 4.69) is 5.16 Å². The Morgan fingerprint density at radius 2 is 2.23 bits per heavy atom. The first kappa shape index (κ1) is 9.77. The normalized spacial score (nSPS) is 12.8. The molecule has 1 unspecified atom stereocenters. The first-order chi connectivity index (χ1) is 6.02. The van der Waals surface area contributed by atoms with Gasteiger partial charge in [-0.15, -0.1) is 0 Å². The van der Waals surface area contributed by atoms with Crippen LogP contribution in [0.2, 0.25) is 0 Å². The van der Waals surface area contributed by atoms with Crippen molar-refractivity contribution in [2.24, 2.45) is 5.92 Å². The zero-order valence-electron chi connectivity index (χ0n) is 8.00. The molecule has 0 aromatic carbocycles. The summed E-state index contributed by atoms with van der Waals surface area (Å²) in [6.45, 7) is 5.36. The molecule has 0 spiro atoms. The minimum Gasteiger partial charge on any atom is -0.481 e. The fraction of sp³-hybridized carbons (Fsp3) is 0.556. The molecule has 4 heteroatoms. The van der Waals surface area contributed by atoms with Crippen molar-refractivity contribution in [3.63, 3.8) is 0 Å². The average Bonchev–Trinajstić information content (AvgIpc) is 2.36. The third-order valence-electron chi connectivity index (χ3n) is 2.17. The molecule has 0 aliphatic rings. The topological polar surface area (TPSA) is 63.3 Å². The maximum atomic E-state index is 10.6. The van der Waals surface area contributed by atoms with Gasteiger partial charge in [-0.3, -0.25) is 4.79 Å². The molecule has 0 amide bonds. The molecule has 1 aromatic heterocycles. The summed E-state index contributed by atoms with van der Waals surface area (Å²) in [5, 5.41) is 12.5. The minimum absolute atomic E-state index is 0.414. The predicted molar refractivity (Wildman–Crippen MR) is 46.5 cm³/mol. The molecule has 4 nitrogen and oxygen atoms in total. The smallest absolute Gasteiger partial charge is 0.306 e. The van der Waals surface area contributed by atoms with Gasteiger partial charge in [0.25, 0.3) is 0 Å². The van der Waals surface area contributed by atoms with E-state index in [1.54, 1.807) is 6.92 Å². The first-order valence-electron chi connectivity index (χ1n) is 4.17. The van der Waals surface area contributed by atoms with Crippen LogP contribution in [0.5, 0.6) is 0 Å². The Balaban J connectivity index is 2.74. The van der Waals surface area contributed by atoms with Crippen LogP contribution in [-0.4, -0.2) is 16.2 Å². The molecule has 1 N–H and O–H groups in total. The van der Waals surface area contributed by atoms with Gasteiger partial charge < -0.3 is 9.63 Å². The second-order valence-electron chi connectivity index (χ2n) is 3.25. The van der Waals surface area contributed by atoms with Crippen molar-refractivity contribution in [2.45, 2.75) is 27.2 Å². The Labute approximate surface area is 76.5 Å². The fourth-order valence-corrected chi connectivity index (χ4v) is 1.03. The van der Waals surface area contributed by atoms with Gasteiger partial charge in [-0.05, 0) is 13.8 Å². The van der Waals surface area contributed by atoms with E-state index in [0.717, 1.165) is 17.0 Å². The molecule has 0 fully saturated rings. The number of aliphatic carboxylic acids is 1. The second-order valence-corrected chi connectivity index (χ2v) is 3.25.